The standard InChI is InChI=1S/C11H15N3O4/c1-17-5-4-12-10(16)8-6-18-11(13-8)14-9(15)7-2-3-7/h6-7H,2-5H2,1H3,(H,12,16)(H,13,14,15). The van der Waals surface area contributed by atoms with E-state index in [0.717, 1.165) is 12.8 Å². The van der Waals surface area contributed by atoms with Gasteiger partial charge in [0.05, 0.1) is 6.61 Å². The van der Waals surface area contributed by atoms with Crippen molar-refractivity contribution in [2.45, 2.75) is 12.8 Å². The van der Waals surface area contributed by atoms with Crippen molar-refractivity contribution in [1.82, 2.24) is 10.3 Å². The van der Waals surface area contributed by atoms with Crippen molar-refractivity contribution >= 4 is 17.8 Å². The van der Waals surface area contributed by atoms with E-state index in [-0.39, 0.29) is 29.4 Å². The Kier molecular flexibility index (Phi) is 3.93. The number of hydrogen-bond donors (Lipinski definition) is 2. The molecule has 1 heterocycles. The molecule has 0 aliphatic heterocycles. The van der Waals surface area contributed by atoms with Gasteiger partial charge in [-0.15, -0.1) is 0 Å². The zero-order valence-electron chi connectivity index (χ0n) is 10.1. The van der Waals surface area contributed by atoms with Crippen LogP contribution in [0.2, 0.25) is 0 Å². The van der Waals surface area contributed by atoms with Crippen molar-refractivity contribution in [2.24, 2.45) is 5.92 Å². The van der Waals surface area contributed by atoms with E-state index in [4.69, 9.17) is 9.15 Å². The van der Waals surface area contributed by atoms with E-state index < -0.39 is 0 Å². The molecule has 7 heteroatoms. The molecule has 1 saturated carbocycles. The molecule has 98 valence electrons. The molecule has 7 nitrogen and oxygen atoms in total. The lowest BCUT2D eigenvalue weighted by Gasteiger charge is -2.00. The van der Waals surface area contributed by atoms with Crippen molar-refractivity contribution < 1.29 is 18.7 Å². The van der Waals surface area contributed by atoms with Gasteiger partial charge in [-0.25, -0.2) is 0 Å². The quantitative estimate of drug-likeness (QED) is 0.716. The average molecular weight is 253 g/mol. The number of anilines is 1. The fourth-order valence-corrected chi connectivity index (χ4v) is 1.35. The molecule has 2 N–H and O–H groups in total. The van der Waals surface area contributed by atoms with Crippen LogP contribution in [0.1, 0.15) is 23.3 Å². The molecule has 2 amide bonds. The molecule has 1 aliphatic carbocycles. The number of nitrogens with one attached hydrogen (secondary N) is 2. The first-order valence-electron chi connectivity index (χ1n) is 5.74. The minimum absolute atomic E-state index is 0.0591. The highest BCUT2D eigenvalue weighted by Gasteiger charge is 2.30. The Balaban J connectivity index is 1.84. The Morgan fingerprint density at radius 2 is 2.33 bits per heavy atom. The third-order valence-electron chi connectivity index (χ3n) is 2.51. The third kappa shape index (κ3) is 3.30. The number of carbonyl (C=O) groups is 2. The van der Waals surface area contributed by atoms with E-state index in [1.165, 1.54) is 6.26 Å². The van der Waals surface area contributed by atoms with Gasteiger partial charge in [0.25, 0.3) is 5.91 Å². The zero-order chi connectivity index (χ0) is 13.0. The van der Waals surface area contributed by atoms with E-state index in [9.17, 15) is 9.59 Å². The summed E-state index contributed by atoms with van der Waals surface area (Å²) in [5, 5.41) is 5.13. The predicted octanol–water partition coefficient (Wildman–Crippen LogP) is 0.399. The lowest BCUT2D eigenvalue weighted by molar-refractivity contribution is -0.117. The number of methoxy groups -OCH3 is 1. The summed E-state index contributed by atoms with van der Waals surface area (Å²) in [5.41, 5.74) is 0.136. The Labute approximate surface area is 104 Å². The van der Waals surface area contributed by atoms with Gasteiger partial charge in [-0.1, -0.05) is 0 Å². The van der Waals surface area contributed by atoms with Crippen LogP contribution in [0.25, 0.3) is 0 Å². The summed E-state index contributed by atoms with van der Waals surface area (Å²) in [5.74, 6) is -0.401. The molecular formula is C11H15N3O4. The highest BCUT2D eigenvalue weighted by Crippen LogP contribution is 2.29. The van der Waals surface area contributed by atoms with Crippen LogP contribution >= 0.6 is 0 Å². The van der Waals surface area contributed by atoms with Gasteiger partial charge < -0.3 is 14.5 Å². The van der Waals surface area contributed by atoms with Crippen LogP contribution in [-0.2, 0) is 9.53 Å². The number of nitrogens with zero attached hydrogens (tertiary/aromatic N) is 1. The Bertz CT molecular complexity index is 439. The van der Waals surface area contributed by atoms with Gasteiger partial charge in [0.15, 0.2) is 5.69 Å². The van der Waals surface area contributed by atoms with Crippen molar-refractivity contribution in [3.63, 3.8) is 0 Å². The summed E-state index contributed by atoms with van der Waals surface area (Å²) in [4.78, 5) is 26.9. The largest absolute Gasteiger partial charge is 0.431 e. The molecule has 0 saturated heterocycles. The predicted molar refractivity (Wildman–Crippen MR) is 62.1 cm³/mol. The van der Waals surface area contributed by atoms with Gasteiger partial charge in [-0.05, 0) is 12.8 Å². The topological polar surface area (TPSA) is 93.5 Å². The Morgan fingerprint density at radius 1 is 1.56 bits per heavy atom. The molecule has 0 atom stereocenters. The first kappa shape index (κ1) is 12.6. The maximum Gasteiger partial charge on any atom is 0.302 e. The molecule has 0 radical (unpaired) electrons. The molecule has 1 aromatic heterocycles. The van der Waals surface area contributed by atoms with Gasteiger partial charge in [0, 0.05) is 19.6 Å². The van der Waals surface area contributed by atoms with Crippen LogP contribution in [0.5, 0.6) is 0 Å². The molecular weight excluding hydrogens is 238 g/mol. The molecule has 1 aliphatic rings. The summed E-state index contributed by atoms with van der Waals surface area (Å²) in [7, 11) is 1.55. The summed E-state index contributed by atoms with van der Waals surface area (Å²) in [6.07, 6.45) is 3.01. The van der Waals surface area contributed by atoms with Crippen LogP contribution < -0.4 is 10.6 Å². The van der Waals surface area contributed by atoms with E-state index in [1.54, 1.807) is 7.11 Å². The number of oxazole rings is 1. The second-order valence-corrected chi connectivity index (χ2v) is 4.05. The smallest absolute Gasteiger partial charge is 0.302 e. The monoisotopic (exact) mass is 253 g/mol. The first-order valence-corrected chi connectivity index (χ1v) is 5.74. The number of carbonyl (C=O) groups excluding carboxylic acids is 2. The third-order valence-corrected chi connectivity index (χ3v) is 2.51. The van der Waals surface area contributed by atoms with Crippen molar-refractivity contribution in [3.8, 4) is 0 Å². The minimum Gasteiger partial charge on any atom is -0.431 e. The fourth-order valence-electron chi connectivity index (χ4n) is 1.35. The lowest BCUT2D eigenvalue weighted by atomic mass is 10.4. The van der Waals surface area contributed by atoms with Crippen LogP contribution in [0, 0.1) is 5.92 Å². The SMILES string of the molecule is COCCNC(=O)c1coc(NC(=O)C2CC2)n1. The highest BCUT2D eigenvalue weighted by atomic mass is 16.5. The van der Waals surface area contributed by atoms with E-state index in [1.807, 2.05) is 0 Å². The number of rotatable bonds is 6. The Hall–Kier alpha value is -1.89. The van der Waals surface area contributed by atoms with Gasteiger partial charge in [-0.3, -0.25) is 14.9 Å². The zero-order valence-corrected chi connectivity index (χ0v) is 10.1. The second kappa shape index (κ2) is 5.63. The number of ether oxygens (including phenoxy) is 1. The summed E-state index contributed by atoms with van der Waals surface area (Å²) >= 11 is 0. The van der Waals surface area contributed by atoms with E-state index in [2.05, 4.69) is 15.6 Å². The number of hydrogen-bond acceptors (Lipinski definition) is 5. The van der Waals surface area contributed by atoms with E-state index >= 15 is 0 Å². The highest BCUT2D eigenvalue weighted by molar-refractivity contribution is 5.94. The maximum absolute atomic E-state index is 11.6. The normalized spacial score (nSPS) is 14.3. The maximum atomic E-state index is 11.6. The van der Waals surface area contributed by atoms with Crippen molar-refractivity contribution in [1.29, 1.82) is 0 Å². The summed E-state index contributed by atoms with van der Waals surface area (Å²) in [6, 6.07) is 0.0591. The first-order chi connectivity index (χ1) is 8.70. The molecule has 0 bridgehead atoms. The fraction of sp³-hybridized carbons (Fsp3) is 0.545. The van der Waals surface area contributed by atoms with Crippen molar-refractivity contribution in [2.75, 3.05) is 25.6 Å². The Morgan fingerprint density at radius 3 is 3.00 bits per heavy atom. The molecule has 1 aromatic rings. The van der Waals surface area contributed by atoms with Crippen LogP contribution in [0.4, 0.5) is 6.01 Å². The van der Waals surface area contributed by atoms with Crippen LogP contribution in [0.3, 0.4) is 0 Å². The second-order valence-electron chi connectivity index (χ2n) is 4.05. The van der Waals surface area contributed by atoms with Crippen LogP contribution in [-0.4, -0.2) is 37.1 Å². The summed E-state index contributed by atoms with van der Waals surface area (Å²) in [6.45, 7) is 0.820. The van der Waals surface area contributed by atoms with Gasteiger partial charge in [-0.2, -0.15) is 4.98 Å². The molecule has 1 fully saturated rings. The van der Waals surface area contributed by atoms with Gasteiger partial charge in [0.1, 0.15) is 6.26 Å². The van der Waals surface area contributed by atoms with Gasteiger partial charge in [0.2, 0.25) is 5.91 Å². The van der Waals surface area contributed by atoms with E-state index in [0.29, 0.717) is 13.2 Å². The van der Waals surface area contributed by atoms with Crippen LogP contribution in [0.15, 0.2) is 10.7 Å². The molecule has 0 unspecified atom stereocenters. The van der Waals surface area contributed by atoms with Gasteiger partial charge >= 0.3 is 6.01 Å². The molecule has 18 heavy (non-hydrogen) atoms. The molecule has 0 spiro atoms. The van der Waals surface area contributed by atoms with Crippen molar-refractivity contribution in [3.05, 3.63) is 12.0 Å². The number of aromatic nitrogens is 1. The summed E-state index contributed by atoms with van der Waals surface area (Å²) < 4.78 is 9.81. The molecule has 0 aromatic carbocycles. The number of amides is 2. The molecule has 2 rings (SSSR count). The minimum atomic E-state index is -0.359. The average Bonchev–Trinajstić information content (AvgIpc) is 3.10. The lowest BCUT2D eigenvalue weighted by Crippen LogP contribution is -2.27.